The zero-order valence-electron chi connectivity index (χ0n) is 14.6. The Morgan fingerprint density at radius 3 is 1.41 bits per heavy atom. The molecule has 0 fully saturated rings. The van der Waals surface area contributed by atoms with Crippen LogP contribution in [0.4, 0.5) is 0 Å². The Labute approximate surface area is 180 Å². The fraction of sp³-hybridized carbons (Fsp3) is 1.00. The van der Waals surface area contributed by atoms with Crippen molar-refractivity contribution in [2.45, 2.75) is 102 Å². The van der Waals surface area contributed by atoms with Gasteiger partial charge in [0, 0.05) is 0 Å². The molecule has 4 nitrogen and oxygen atoms in total. The second-order valence-electron chi connectivity index (χ2n) is 5.98. The first-order valence-electron chi connectivity index (χ1n) is 8.61. The van der Waals surface area contributed by atoms with Crippen LogP contribution in [0, 0.1) is 0 Å². The largest absolute Gasteiger partial charge is 1.00 e. The van der Waals surface area contributed by atoms with Crippen molar-refractivity contribution in [3.8, 4) is 0 Å². The third-order valence-corrected chi connectivity index (χ3v) is 4.79. The van der Waals surface area contributed by atoms with Crippen LogP contribution in [0.2, 0.25) is 0 Å². The Balaban J connectivity index is 0. The van der Waals surface area contributed by atoms with Crippen molar-refractivity contribution in [3.63, 3.8) is 0 Å². The van der Waals surface area contributed by atoms with Gasteiger partial charge in [-0.25, -0.2) is 8.42 Å². The maximum atomic E-state index is 10.5. The molecule has 22 heavy (non-hydrogen) atoms. The summed E-state index contributed by atoms with van der Waals surface area (Å²) in [5.41, 5.74) is -1.72. The standard InChI is InChI=1S/C16H34O4S.K/c1-2-3-4-5-6-7-8-9-10-11-12-13-14-15-16(17)21(18,19)20;/h16-17H,2-15H2,1H3,(H,18,19,20);/q;+1/p-1. The molecule has 0 heterocycles. The minimum atomic E-state index is -4.51. The van der Waals surface area contributed by atoms with Crippen molar-refractivity contribution >= 4 is 10.1 Å². The Kier molecular flexibility index (Phi) is 20.3. The van der Waals surface area contributed by atoms with Gasteiger partial charge >= 0.3 is 51.4 Å². The summed E-state index contributed by atoms with van der Waals surface area (Å²) in [6.45, 7) is 2.24. The van der Waals surface area contributed by atoms with Gasteiger partial charge in [0.05, 0.1) is 0 Å². The van der Waals surface area contributed by atoms with E-state index in [1.807, 2.05) is 0 Å². The van der Waals surface area contributed by atoms with Crippen molar-refractivity contribution in [2.75, 3.05) is 0 Å². The second-order valence-corrected chi connectivity index (χ2v) is 7.51. The van der Waals surface area contributed by atoms with E-state index in [1.54, 1.807) is 0 Å². The molecular weight excluding hydrogens is 327 g/mol. The van der Waals surface area contributed by atoms with Crippen LogP contribution in [0.15, 0.2) is 0 Å². The van der Waals surface area contributed by atoms with Crippen LogP contribution in [-0.2, 0) is 10.1 Å². The number of rotatable bonds is 15. The van der Waals surface area contributed by atoms with Crippen LogP contribution in [0.3, 0.4) is 0 Å². The molecule has 0 radical (unpaired) electrons. The van der Waals surface area contributed by atoms with E-state index in [1.165, 1.54) is 57.8 Å². The molecule has 6 heteroatoms. The van der Waals surface area contributed by atoms with Gasteiger partial charge in [0.2, 0.25) is 0 Å². The van der Waals surface area contributed by atoms with Gasteiger partial charge in [-0.15, -0.1) is 0 Å². The van der Waals surface area contributed by atoms with Crippen LogP contribution in [-0.4, -0.2) is 23.5 Å². The van der Waals surface area contributed by atoms with Crippen molar-refractivity contribution in [2.24, 2.45) is 0 Å². The first-order valence-corrected chi connectivity index (χ1v) is 10.1. The number of hydrogen-bond donors (Lipinski definition) is 1. The first kappa shape index (κ1) is 25.7. The summed E-state index contributed by atoms with van der Waals surface area (Å²) in [6, 6.07) is 0. The Morgan fingerprint density at radius 2 is 1.09 bits per heavy atom. The normalized spacial score (nSPS) is 12.9. The molecule has 0 aromatic rings. The Hall–Kier alpha value is 1.51. The fourth-order valence-electron chi connectivity index (χ4n) is 2.48. The van der Waals surface area contributed by atoms with Crippen LogP contribution in [0.25, 0.3) is 0 Å². The molecule has 1 atom stereocenters. The number of hydrogen-bond acceptors (Lipinski definition) is 4. The minimum absolute atomic E-state index is 0. The third kappa shape index (κ3) is 17.9. The van der Waals surface area contributed by atoms with Crippen LogP contribution < -0.4 is 51.4 Å². The van der Waals surface area contributed by atoms with Gasteiger partial charge in [-0.3, -0.25) is 0 Å². The molecule has 1 unspecified atom stereocenters. The first-order chi connectivity index (χ1) is 9.98. The SMILES string of the molecule is CCCCCCCCCCCCCCCC(O)S(=O)(=O)[O-].[K+]. The fourth-order valence-corrected chi connectivity index (χ4v) is 2.94. The molecule has 0 aromatic carbocycles. The molecule has 0 amide bonds. The minimum Gasteiger partial charge on any atom is -0.746 e. The van der Waals surface area contributed by atoms with Gasteiger partial charge in [0.15, 0.2) is 0 Å². The van der Waals surface area contributed by atoms with Crippen molar-refractivity contribution in [3.05, 3.63) is 0 Å². The summed E-state index contributed by atoms with van der Waals surface area (Å²) in [4.78, 5) is 0. The molecule has 0 saturated heterocycles. The van der Waals surface area contributed by atoms with E-state index in [9.17, 15) is 13.0 Å². The summed E-state index contributed by atoms with van der Waals surface area (Å²) in [5.74, 6) is 0. The van der Waals surface area contributed by atoms with E-state index < -0.39 is 15.6 Å². The molecule has 0 aliphatic carbocycles. The maximum absolute atomic E-state index is 10.5. The van der Waals surface area contributed by atoms with Crippen molar-refractivity contribution < 1.29 is 69.5 Å². The Bertz CT molecular complexity index is 320. The summed E-state index contributed by atoms with van der Waals surface area (Å²) >= 11 is 0. The van der Waals surface area contributed by atoms with Gasteiger partial charge in [0.25, 0.3) is 0 Å². The molecule has 0 aliphatic heterocycles. The molecule has 0 aliphatic rings. The van der Waals surface area contributed by atoms with Gasteiger partial charge in [-0.05, 0) is 12.8 Å². The summed E-state index contributed by atoms with van der Waals surface area (Å²) < 4.78 is 31.4. The number of aliphatic hydroxyl groups excluding tert-OH is 1. The van der Waals surface area contributed by atoms with Crippen molar-refractivity contribution in [1.82, 2.24) is 0 Å². The molecule has 0 rings (SSSR count). The van der Waals surface area contributed by atoms with E-state index in [4.69, 9.17) is 5.11 Å². The molecule has 0 bridgehead atoms. The molecule has 0 aromatic heterocycles. The van der Waals surface area contributed by atoms with E-state index in [0.717, 1.165) is 19.3 Å². The molecule has 128 valence electrons. The smallest absolute Gasteiger partial charge is 0.746 e. The molecule has 1 N–H and O–H groups in total. The van der Waals surface area contributed by atoms with Gasteiger partial charge < -0.3 is 9.66 Å². The monoisotopic (exact) mass is 360 g/mol. The summed E-state index contributed by atoms with van der Waals surface area (Å²) in [6.07, 6.45) is 15.8. The van der Waals surface area contributed by atoms with Crippen LogP contribution in [0.1, 0.15) is 96.8 Å². The van der Waals surface area contributed by atoms with E-state index in [2.05, 4.69) is 6.92 Å². The zero-order valence-corrected chi connectivity index (χ0v) is 18.5. The number of unbranched alkanes of at least 4 members (excludes halogenated alkanes) is 12. The zero-order chi connectivity index (χ0) is 16.0. The molecule has 0 saturated carbocycles. The second kappa shape index (κ2) is 17.3. The summed E-state index contributed by atoms with van der Waals surface area (Å²) in [7, 11) is -4.51. The average Bonchev–Trinajstić information content (AvgIpc) is 2.42. The van der Waals surface area contributed by atoms with E-state index >= 15 is 0 Å². The van der Waals surface area contributed by atoms with E-state index in [-0.39, 0.29) is 57.8 Å². The predicted octanol–water partition coefficient (Wildman–Crippen LogP) is 1.34. The third-order valence-electron chi connectivity index (χ3n) is 3.89. The van der Waals surface area contributed by atoms with Crippen molar-refractivity contribution in [1.29, 1.82) is 0 Å². The van der Waals surface area contributed by atoms with Gasteiger partial charge in [-0.1, -0.05) is 84.0 Å². The predicted molar refractivity (Wildman–Crippen MR) is 86.0 cm³/mol. The van der Waals surface area contributed by atoms with E-state index in [0.29, 0.717) is 6.42 Å². The van der Waals surface area contributed by atoms with Crippen LogP contribution in [0.5, 0.6) is 0 Å². The van der Waals surface area contributed by atoms with Crippen LogP contribution >= 0.6 is 0 Å². The Morgan fingerprint density at radius 1 is 0.773 bits per heavy atom. The average molecular weight is 361 g/mol. The van der Waals surface area contributed by atoms with Gasteiger partial charge in [-0.2, -0.15) is 0 Å². The number of aliphatic hydroxyl groups is 1. The molecular formula is C16H33KO4S. The maximum Gasteiger partial charge on any atom is 1.00 e. The van der Waals surface area contributed by atoms with Gasteiger partial charge in [0.1, 0.15) is 15.6 Å². The topological polar surface area (TPSA) is 77.4 Å². The quantitative estimate of drug-likeness (QED) is 0.271. The molecule has 0 spiro atoms. The summed E-state index contributed by atoms with van der Waals surface area (Å²) in [5, 5.41) is 9.06.